The van der Waals surface area contributed by atoms with Crippen molar-refractivity contribution in [1.29, 1.82) is 0 Å². The molecule has 0 fully saturated rings. The molecular formula is C15H18ClNO3. The molecule has 2 N–H and O–H groups in total. The number of carbonyl (C=O) groups is 1. The number of ether oxygens (including phenoxy) is 1. The minimum atomic E-state index is -0.702. The van der Waals surface area contributed by atoms with Gasteiger partial charge in [-0.3, -0.25) is 4.79 Å². The summed E-state index contributed by atoms with van der Waals surface area (Å²) in [4.78, 5) is 12.2. The van der Waals surface area contributed by atoms with Gasteiger partial charge in [0, 0.05) is 10.6 Å². The Morgan fingerprint density at radius 3 is 2.85 bits per heavy atom. The molecule has 0 spiro atoms. The second-order valence-electron chi connectivity index (χ2n) is 5.49. The van der Waals surface area contributed by atoms with E-state index in [1.807, 2.05) is 0 Å². The fraction of sp³-hybridized carbons (Fsp3) is 0.400. The summed E-state index contributed by atoms with van der Waals surface area (Å²) >= 11 is 5.93. The zero-order chi connectivity index (χ0) is 14.9. The van der Waals surface area contributed by atoms with Crippen molar-refractivity contribution in [2.45, 2.75) is 32.4 Å². The maximum Gasteiger partial charge on any atom is 0.251 e. The molecule has 1 aromatic carbocycles. The standard InChI is InChI=1S/C15H18ClNO3/c1-9(18)15(2,3)17-14(19)11-6-10-7-12(16)4-5-13(10)20-8-11/h4-7,9,18H,8H2,1-3H3,(H,17,19). The molecule has 5 heteroatoms. The number of hydrogen-bond donors (Lipinski definition) is 2. The Morgan fingerprint density at radius 1 is 1.50 bits per heavy atom. The molecule has 4 nitrogen and oxygen atoms in total. The van der Waals surface area contributed by atoms with Crippen molar-refractivity contribution in [1.82, 2.24) is 5.32 Å². The van der Waals surface area contributed by atoms with Crippen LogP contribution in [-0.4, -0.2) is 29.3 Å². The number of fused-ring (bicyclic) bond motifs is 1. The zero-order valence-electron chi connectivity index (χ0n) is 11.7. The highest BCUT2D eigenvalue weighted by atomic mass is 35.5. The molecule has 1 aromatic rings. The van der Waals surface area contributed by atoms with E-state index in [9.17, 15) is 9.90 Å². The second kappa shape index (κ2) is 5.46. The van der Waals surface area contributed by atoms with E-state index in [4.69, 9.17) is 16.3 Å². The average Bonchev–Trinajstić information content (AvgIpc) is 2.37. The fourth-order valence-corrected chi connectivity index (χ4v) is 1.94. The lowest BCUT2D eigenvalue weighted by Gasteiger charge is -2.30. The van der Waals surface area contributed by atoms with Crippen molar-refractivity contribution in [3.8, 4) is 5.75 Å². The number of halogens is 1. The number of hydrogen-bond acceptors (Lipinski definition) is 3. The lowest BCUT2D eigenvalue weighted by Crippen LogP contribution is -2.51. The monoisotopic (exact) mass is 295 g/mol. The molecule has 2 rings (SSSR count). The molecule has 1 amide bonds. The smallest absolute Gasteiger partial charge is 0.251 e. The van der Waals surface area contributed by atoms with Gasteiger partial charge >= 0.3 is 0 Å². The summed E-state index contributed by atoms with van der Waals surface area (Å²) in [5.41, 5.74) is 0.587. The van der Waals surface area contributed by atoms with Crippen LogP contribution in [0.25, 0.3) is 6.08 Å². The number of benzene rings is 1. The Morgan fingerprint density at radius 2 is 2.20 bits per heavy atom. The summed E-state index contributed by atoms with van der Waals surface area (Å²) in [5, 5.41) is 13.0. The van der Waals surface area contributed by atoms with Gasteiger partial charge in [-0.2, -0.15) is 0 Å². The first-order valence-electron chi connectivity index (χ1n) is 6.43. The summed E-state index contributed by atoms with van der Waals surface area (Å²) in [7, 11) is 0. The summed E-state index contributed by atoms with van der Waals surface area (Å²) in [6.07, 6.45) is 1.11. The Balaban J connectivity index is 2.20. The predicted octanol–water partition coefficient (Wildman–Crippen LogP) is 2.39. The summed E-state index contributed by atoms with van der Waals surface area (Å²) < 4.78 is 5.54. The number of aliphatic hydroxyl groups excluding tert-OH is 1. The maximum absolute atomic E-state index is 12.2. The first kappa shape index (κ1) is 14.9. The number of aliphatic hydroxyl groups is 1. The average molecular weight is 296 g/mol. The first-order valence-corrected chi connectivity index (χ1v) is 6.81. The van der Waals surface area contributed by atoms with Crippen LogP contribution in [0.2, 0.25) is 5.02 Å². The number of nitrogens with one attached hydrogen (secondary N) is 1. The number of amides is 1. The molecule has 0 saturated heterocycles. The molecule has 108 valence electrons. The van der Waals surface area contributed by atoms with Crippen LogP contribution in [0.1, 0.15) is 26.3 Å². The number of carbonyl (C=O) groups excluding carboxylic acids is 1. The molecule has 1 aliphatic rings. The maximum atomic E-state index is 12.2. The van der Waals surface area contributed by atoms with Gasteiger partial charge in [0.05, 0.1) is 17.2 Å². The molecule has 20 heavy (non-hydrogen) atoms. The van der Waals surface area contributed by atoms with E-state index < -0.39 is 11.6 Å². The molecule has 1 heterocycles. The van der Waals surface area contributed by atoms with Crippen molar-refractivity contribution < 1.29 is 14.6 Å². The van der Waals surface area contributed by atoms with E-state index in [-0.39, 0.29) is 12.5 Å². The van der Waals surface area contributed by atoms with Crippen molar-refractivity contribution >= 4 is 23.6 Å². The van der Waals surface area contributed by atoms with Crippen LogP contribution in [0.15, 0.2) is 23.8 Å². The van der Waals surface area contributed by atoms with Crippen molar-refractivity contribution in [2.75, 3.05) is 6.61 Å². The minimum Gasteiger partial charge on any atom is -0.488 e. The molecule has 1 unspecified atom stereocenters. The van der Waals surface area contributed by atoms with Crippen molar-refractivity contribution in [2.24, 2.45) is 0 Å². The van der Waals surface area contributed by atoms with Crippen LogP contribution in [0, 0.1) is 0 Å². The summed E-state index contributed by atoms with van der Waals surface area (Å²) in [6.45, 7) is 5.38. The SMILES string of the molecule is CC(O)C(C)(C)NC(=O)C1=Cc2cc(Cl)ccc2OC1. The van der Waals surface area contributed by atoms with E-state index in [2.05, 4.69) is 5.32 Å². The molecule has 0 radical (unpaired) electrons. The van der Waals surface area contributed by atoms with E-state index in [1.54, 1.807) is 45.0 Å². The van der Waals surface area contributed by atoms with Crippen LogP contribution < -0.4 is 10.1 Å². The van der Waals surface area contributed by atoms with Crippen LogP contribution in [0.3, 0.4) is 0 Å². The van der Waals surface area contributed by atoms with Gasteiger partial charge in [-0.25, -0.2) is 0 Å². The minimum absolute atomic E-state index is 0.205. The number of rotatable bonds is 3. The largest absolute Gasteiger partial charge is 0.488 e. The normalized spacial score (nSPS) is 15.8. The molecule has 0 aliphatic carbocycles. The molecular weight excluding hydrogens is 278 g/mol. The first-order chi connectivity index (χ1) is 9.29. The Hall–Kier alpha value is -1.52. The van der Waals surface area contributed by atoms with E-state index in [0.717, 1.165) is 5.56 Å². The summed E-state index contributed by atoms with van der Waals surface area (Å²) in [5.74, 6) is 0.460. The zero-order valence-corrected chi connectivity index (χ0v) is 12.5. The third-order valence-corrected chi connectivity index (χ3v) is 3.69. The van der Waals surface area contributed by atoms with Gasteiger partial charge in [0.2, 0.25) is 0 Å². The quantitative estimate of drug-likeness (QED) is 0.900. The second-order valence-corrected chi connectivity index (χ2v) is 5.93. The highest BCUT2D eigenvalue weighted by Gasteiger charge is 2.28. The molecule has 0 saturated carbocycles. The van der Waals surface area contributed by atoms with Gasteiger partial charge in [-0.15, -0.1) is 0 Å². The van der Waals surface area contributed by atoms with Gasteiger partial charge in [-0.05, 0) is 45.0 Å². The van der Waals surface area contributed by atoms with Crippen LogP contribution in [0.5, 0.6) is 5.75 Å². The predicted molar refractivity (Wildman–Crippen MR) is 78.8 cm³/mol. The topological polar surface area (TPSA) is 58.6 Å². The van der Waals surface area contributed by atoms with Crippen LogP contribution in [0.4, 0.5) is 0 Å². The Labute approximate surface area is 123 Å². The molecule has 0 aromatic heterocycles. The highest BCUT2D eigenvalue weighted by Crippen LogP contribution is 2.29. The highest BCUT2D eigenvalue weighted by molar-refractivity contribution is 6.30. The van der Waals surface area contributed by atoms with Gasteiger partial charge in [0.1, 0.15) is 12.4 Å². The van der Waals surface area contributed by atoms with Crippen LogP contribution >= 0.6 is 11.6 Å². The van der Waals surface area contributed by atoms with Crippen molar-refractivity contribution in [3.63, 3.8) is 0 Å². The molecule has 1 aliphatic heterocycles. The molecule has 0 bridgehead atoms. The van der Waals surface area contributed by atoms with Gasteiger partial charge in [0.25, 0.3) is 5.91 Å². The third-order valence-electron chi connectivity index (χ3n) is 3.46. The van der Waals surface area contributed by atoms with Crippen molar-refractivity contribution in [3.05, 3.63) is 34.4 Å². The Bertz CT molecular complexity index is 564. The fourth-order valence-electron chi connectivity index (χ4n) is 1.76. The third kappa shape index (κ3) is 3.14. The van der Waals surface area contributed by atoms with Gasteiger partial charge < -0.3 is 15.2 Å². The van der Waals surface area contributed by atoms with Gasteiger partial charge in [0.15, 0.2) is 0 Å². The van der Waals surface area contributed by atoms with Gasteiger partial charge in [-0.1, -0.05) is 11.6 Å². The lowest BCUT2D eigenvalue weighted by molar-refractivity contribution is -0.120. The van der Waals surface area contributed by atoms with E-state index in [0.29, 0.717) is 16.3 Å². The summed E-state index contributed by atoms with van der Waals surface area (Å²) in [6, 6.07) is 5.28. The molecule has 1 atom stereocenters. The van der Waals surface area contributed by atoms with E-state index in [1.165, 1.54) is 0 Å². The van der Waals surface area contributed by atoms with Crippen LogP contribution in [-0.2, 0) is 4.79 Å². The Kier molecular flexibility index (Phi) is 4.06. The lowest BCUT2D eigenvalue weighted by atomic mass is 9.97. The van der Waals surface area contributed by atoms with E-state index >= 15 is 0 Å².